The Balaban J connectivity index is 1.57. The molecule has 1 aliphatic rings. The third-order valence-electron chi connectivity index (χ3n) is 4.34. The highest BCUT2D eigenvalue weighted by Crippen LogP contribution is 2.21. The number of hydrogen-bond acceptors (Lipinski definition) is 4. The summed E-state index contributed by atoms with van der Waals surface area (Å²) in [6.07, 6.45) is 8.60. The van der Waals surface area contributed by atoms with Gasteiger partial charge in [-0.25, -0.2) is 4.98 Å². The molecule has 0 radical (unpaired) electrons. The molecule has 128 valence electrons. The summed E-state index contributed by atoms with van der Waals surface area (Å²) in [5, 5.41) is 4.62. The van der Waals surface area contributed by atoms with Crippen molar-refractivity contribution < 1.29 is 9.59 Å². The molecule has 0 aromatic carbocycles. The number of hydrogen-bond donors (Lipinski definition) is 0. The summed E-state index contributed by atoms with van der Waals surface area (Å²) < 4.78 is 3.38. The normalized spacial score (nSPS) is 17.9. The molecule has 7 nitrogen and oxygen atoms in total. The third-order valence-corrected chi connectivity index (χ3v) is 4.54. The molecule has 1 aliphatic heterocycles. The van der Waals surface area contributed by atoms with Gasteiger partial charge in [-0.3, -0.25) is 14.3 Å². The van der Waals surface area contributed by atoms with Crippen LogP contribution in [0.5, 0.6) is 0 Å². The Bertz CT molecular complexity index is 738. The largest absolute Gasteiger partial charge is 0.342 e. The monoisotopic (exact) mass is 349 g/mol. The first-order chi connectivity index (χ1) is 11.5. The van der Waals surface area contributed by atoms with Crippen LogP contribution < -0.4 is 0 Å². The molecule has 1 saturated heterocycles. The van der Waals surface area contributed by atoms with E-state index in [9.17, 15) is 9.59 Å². The molecule has 3 heterocycles. The van der Waals surface area contributed by atoms with Crippen molar-refractivity contribution >= 4 is 23.3 Å². The van der Waals surface area contributed by atoms with Crippen molar-refractivity contribution in [1.29, 1.82) is 0 Å². The fourth-order valence-corrected chi connectivity index (χ4v) is 3.19. The number of aryl methyl sites for hydroxylation is 2. The maximum absolute atomic E-state index is 12.6. The number of likely N-dealkylation sites (tertiary alicyclic amines) is 1. The maximum Gasteiger partial charge on any atom is 0.224 e. The van der Waals surface area contributed by atoms with E-state index in [2.05, 4.69) is 10.1 Å². The van der Waals surface area contributed by atoms with Crippen LogP contribution in [0.3, 0.4) is 0 Å². The molecule has 2 aromatic heterocycles. The molecule has 0 saturated carbocycles. The van der Waals surface area contributed by atoms with Crippen LogP contribution in [0, 0.1) is 5.92 Å². The number of carbonyl (C=O) groups is 2. The predicted molar refractivity (Wildman–Crippen MR) is 88.7 cm³/mol. The lowest BCUT2D eigenvalue weighted by molar-refractivity contribution is -0.132. The average Bonchev–Trinajstić information content (AvgIpc) is 3.20. The molecule has 2 aromatic rings. The molecule has 0 bridgehead atoms. The standard InChI is InChI=1S/C16H20ClN5O2/c1-20-8-5-18-16(20)15(24)12-3-2-6-21(10-12)14(23)4-7-22-11-13(17)9-19-22/h5,8-9,11-12H,2-4,6-7,10H2,1H3/t12-/m0/s1. The van der Waals surface area contributed by atoms with Crippen LogP contribution in [0.4, 0.5) is 0 Å². The molecular formula is C16H20ClN5O2. The van der Waals surface area contributed by atoms with Crippen LogP contribution in [-0.4, -0.2) is 49.0 Å². The minimum Gasteiger partial charge on any atom is -0.342 e. The van der Waals surface area contributed by atoms with Crippen LogP contribution in [0.1, 0.15) is 29.9 Å². The van der Waals surface area contributed by atoms with E-state index in [-0.39, 0.29) is 17.6 Å². The lowest BCUT2D eigenvalue weighted by Gasteiger charge is -2.32. The van der Waals surface area contributed by atoms with Gasteiger partial charge in [0.25, 0.3) is 0 Å². The highest BCUT2D eigenvalue weighted by Gasteiger charge is 2.30. The summed E-state index contributed by atoms with van der Waals surface area (Å²) in [6.45, 7) is 1.65. The summed E-state index contributed by atoms with van der Waals surface area (Å²) in [5.74, 6) is 0.334. The molecule has 8 heteroatoms. The first-order valence-corrected chi connectivity index (χ1v) is 8.39. The Morgan fingerprint density at radius 2 is 2.25 bits per heavy atom. The van der Waals surface area contributed by atoms with Gasteiger partial charge in [-0.15, -0.1) is 0 Å². The van der Waals surface area contributed by atoms with Crippen molar-refractivity contribution in [2.24, 2.45) is 13.0 Å². The first kappa shape index (κ1) is 16.7. The van der Waals surface area contributed by atoms with Crippen molar-refractivity contribution in [1.82, 2.24) is 24.2 Å². The molecular weight excluding hydrogens is 330 g/mol. The SMILES string of the molecule is Cn1ccnc1C(=O)[C@H]1CCCN(C(=O)CCn2cc(Cl)cn2)C1. The Labute approximate surface area is 145 Å². The number of ketones is 1. The van der Waals surface area contributed by atoms with E-state index >= 15 is 0 Å². The maximum atomic E-state index is 12.6. The minimum absolute atomic E-state index is 0.0128. The number of amides is 1. The van der Waals surface area contributed by atoms with Crippen molar-refractivity contribution in [3.8, 4) is 0 Å². The van der Waals surface area contributed by atoms with Gasteiger partial charge < -0.3 is 9.47 Å². The number of nitrogens with zero attached hydrogens (tertiary/aromatic N) is 5. The van der Waals surface area contributed by atoms with Gasteiger partial charge in [-0.2, -0.15) is 5.10 Å². The van der Waals surface area contributed by atoms with E-state index in [0.717, 1.165) is 12.8 Å². The number of piperidine rings is 1. The highest BCUT2D eigenvalue weighted by molar-refractivity contribution is 6.30. The smallest absolute Gasteiger partial charge is 0.224 e. The van der Waals surface area contributed by atoms with Crippen LogP contribution in [0.2, 0.25) is 5.02 Å². The number of halogens is 1. The fourth-order valence-electron chi connectivity index (χ4n) is 3.03. The second-order valence-corrected chi connectivity index (χ2v) is 6.51. The number of aromatic nitrogens is 4. The minimum atomic E-state index is -0.178. The van der Waals surface area contributed by atoms with Gasteiger partial charge in [0.05, 0.1) is 11.2 Å². The van der Waals surface area contributed by atoms with E-state index in [1.54, 1.807) is 46.0 Å². The number of Topliss-reactive ketones (excluding diaryl/α,β-unsaturated/α-hetero) is 1. The lowest BCUT2D eigenvalue weighted by atomic mass is 9.93. The van der Waals surface area contributed by atoms with Gasteiger partial charge in [0.1, 0.15) is 0 Å². The number of rotatable bonds is 5. The Morgan fingerprint density at radius 3 is 2.92 bits per heavy atom. The van der Waals surface area contributed by atoms with Gasteiger partial charge in [-0.1, -0.05) is 11.6 Å². The predicted octanol–water partition coefficient (Wildman–Crippen LogP) is 1.78. The summed E-state index contributed by atoms with van der Waals surface area (Å²) in [6, 6.07) is 0. The topological polar surface area (TPSA) is 73.0 Å². The molecule has 3 rings (SSSR count). The third kappa shape index (κ3) is 3.67. The molecule has 1 atom stereocenters. The Hall–Kier alpha value is -2.15. The van der Waals surface area contributed by atoms with E-state index in [0.29, 0.717) is 36.9 Å². The zero-order chi connectivity index (χ0) is 17.1. The lowest BCUT2D eigenvalue weighted by Crippen LogP contribution is -2.43. The molecule has 0 unspecified atom stereocenters. The van der Waals surface area contributed by atoms with E-state index < -0.39 is 0 Å². The first-order valence-electron chi connectivity index (χ1n) is 8.02. The molecule has 1 fully saturated rings. The van der Waals surface area contributed by atoms with Gasteiger partial charge in [-0.05, 0) is 12.8 Å². The van der Waals surface area contributed by atoms with E-state index in [1.807, 2.05) is 0 Å². The zero-order valence-corrected chi connectivity index (χ0v) is 14.3. The van der Waals surface area contributed by atoms with E-state index in [1.165, 1.54) is 0 Å². The summed E-state index contributed by atoms with van der Waals surface area (Å²) in [4.78, 5) is 30.9. The second kappa shape index (κ2) is 7.17. The number of imidazole rings is 1. The van der Waals surface area contributed by atoms with E-state index in [4.69, 9.17) is 11.6 Å². The van der Waals surface area contributed by atoms with Gasteiger partial charge >= 0.3 is 0 Å². The van der Waals surface area contributed by atoms with Gasteiger partial charge in [0.2, 0.25) is 11.7 Å². The highest BCUT2D eigenvalue weighted by atomic mass is 35.5. The van der Waals surface area contributed by atoms with Gasteiger partial charge in [0.15, 0.2) is 5.82 Å². The summed E-state index contributed by atoms with van der Waals surface area (Å²) in [5.41, 5.74) is 0. The van der Waals surface area contributed by atoms with Crippen LogP contribution >= 0.6 is 11.6 Å². The summed E-state index contributed by atoms with van der Waals surface area (Å²) in [7, 11) is 1.81. The average molecular weight is 350 g/mol. The van der Waals surface area contributed by atoms with Crippen molar-refractivity contribution in [3.63, 3.8) is 0 Å². The quantitative estimate of drug-likeness (QED) is 0.771. The Morgan fingerprint density at radius 1 is 1.42 bits per heavy atom. The molecule has 0 aliphatic carbocycles. The van der Waals surface area contributed by atoms with Crippen LogP contribution in [-0.2, 0) is 18.4 Å². The second-order valence-electron chi connectivity index (χ2n) is 6.08. The summed E-state index contributed by atoms with van der Waals surface area (Å²) >= 11 is 5.82. The van der Waals surface area contributed by atoms with Crippen molar-refractivity contribution in [2.75, 3.05) is 13.1 Å². The zero-order valence-electron chi connectivity index (χ0n) is 13.6. The van der Waals surface area contributed by atoms with Gasteiger partial charge in [0, 0.05) is 57.6 Å². The molecule has 0 N–H and O–H groups in total. The molecule has 1 amide bonds. The number of carbonyl (C=O) groups excluding carboxylic acids is 2. The molecule has 24 heavy (non-hydrogen) atoms. The Kier molecular flexibility index (Phi) is 4.99. The van der Waals surface area contributed by atoms with Crippen molar-refractivity contribution in [2.45, 2.75) is 25.8 Å². The van der Waals surface area contributed by atoms with Crippen LogP contribution in [0.15, 0.2) is 24.8 Å². The molecule has 0 spiro atoms. The van der Waals surface area contributed by atoms with Crippen molar-refractivity contribution in [3.05, 3.63) is 35.6 Å². The fraction of sp³-hybridized carbons (Fsp3) is 0.500. The van der Waals surface area contributed by atoms with Crippen LogP contribution in [0.25, 0.3) is 0 Å².